The molecule has 0 bridgehead atoms. The molecule has 6 nitrogen and oxygen atoms in total. The van der Waals surface area contributed by atoms with Crippen molar-refractivity contribution in [3.63, 3.8) is 0 Å². The molecule has 2 heterocycles. The van der Waals surface area contributed by atoms with Gasteiger partial charge in [-0.25, -0.2) is 0 Å². The Morgan fingerprint density at radius 2 is 2.23 bits per heavy atom. The molecule has 0 aromatic carbocycles. The fourth-order valence-electron chi connectivity index (χ4n) is 2.74. The summed E-state index contributed by atoms with van der Waals surface area (Å²) in [6.45, 7) is 3.68. The number of ketones is 1. The standard InChI is InChI=1S/C16H20N2O4/c1-3-5-11-8-16(2,22-15(11)21)13(19)10-18-7-4-6-12(9-18)14(17)20/h4,6-7,9,11H,3,5,8,10H2,1-2H3,(H-,17,20)/p+1/t11-,16+/m1/s1. The first-order valence-corrected chi connectivity index (χ1v) is 7.41. The minimum atomic E-state index is -1.09. The Morgan fingerprint density at radius 1 is 1.50 bits per heavy atom. The molecule has 1 amide bonds. The van der Waals surface area contributed by atoms with Crippen LogP contribution in [0.5, 0.6) is 0 Å². The largest absolute Gasteiger partial charge is 0.451 e. The molecule has 0 unspecified atom stereocenters. The van der Waals surface area contributed by atoms with Crippen LogP contribution in [0, 0.1) is 5.92 Å². The van der Waals surface area contributed by atoms with E-state index in [0.29, 0.717) is 12.0 Å². The van der Waals surface area contributed by atoms with Crippen LogP contribution >= 0.6 is 0 Å². The second-order valence-electron chi connectivity index (χ2n) is 5.89. The van der Waals surface area contributed by atoms with Crippen molar-refractivity contribution < 1.29 is 23.7 Å². The van der Waals surface area contributed by atoms with Crippen molar-refractivity contribution in [2.45, 2.75) is 45.3 Å². The maximum Gasteiger partial charge on any atom is 0.310 e. The zero-order chi connectivity index (χ0) is 16.3. The van der Waals surface area contributed by atoms with Gasteiger partial charge < -0.3 is 10.5 Å². The predicted octanol–water partition coefficient (Wildman–Crippen LogP) is 0.764. The average molecular weight is 305 g/mol. The highest BCUT2D eigenvalue weighted by Crippen LogP contribution is 2.34. The molecule has 0 radical (unpaired) electrons. The van der Waals surface area contributed by atoms with E-state index < -0.39 is 11.5 Å². The van der Waals surface area contributed by atoms with Gasteiger partial charge in [0.15, 0.2) is 18.0 Å². The van der Waals surface area contributed by atoms with E-state index in [1.165, 1.54) is 6.20 Å². The quantitative estimate of drug-likeness (QED) is 0.620. The fraction of sp³-hybridized carbons (Fsp3) is 0.500. The van der Waals surface area contributed by atoms with Crippen LogP contribution in [0.4, 0.5) is 0 Å². The third kappa shape index (κ3) is 3.32. The lowest BCUT2D eigenvalue weighted by Gasteiger charge is -2.19. The molecule has 1 aliphatic heterocycles. The number of hydrogen-bond donors (Lipinski definition) is 1. The van der Waals surface area contributed by atoms with E-state index in [9.17, 15) is 14.4 Å². The Morgan fingerprint density at radius 3 is 2.86 bits per heavy atom. The number of carbonyl (C=O) groups is 3. The van der Waals surface area contributed by atoms with Gasteiger partial charge in [-0.05, 0) is 19.4 Å². The van der Waals surface area contributed by atoms with Crippen LogP contribution in [0.3, 0.4) is 0 Å². The van der Waals surface area contributed by atoms with Crippen molar-refractivity contribution in [3.8, 4) is 0 Å². The summed E-state index contributed by atoms with van der Waals surface area (Å²) in [6, 6.07) is 3.23. The lowest BCUT2D eigenvalue weighted by atomic mass is 9.89. The van der Waals surface area contributed by atoms with Crippen LogP contribution in [0.1, 0.15) is 43.5 Å². The number of aromatic nitrogens is 1. The zero-order valence-corrected chi connectivity index (χ0v) is 12.9. The summed E-state index contributed by atoms with van der Waals surface area (Å²) in [6.07, 6.45) is 5.21. The van der Waals surface area contributed by atoms with Crippen LogP contribution in [-0.2, 0) is 20.9 Å². The summed E-state index contributed by atoms with van der Waals surface area (Å²) in [5.74, 6) is -1.25. The van der Waals surface area contributed by atoms with Crippen LogP contribution < -0.4 is 10.3 Å². The van der Waals surface area contributed by atoms with Crippen molar-refractivity contribution in [3.05, 3.63) is 30.1 Å². The van der Waals surface area contributed by atoms with Crippen molar-refractivity contribution in [1.82, 2.24) is 0 Å². The Bertz CT molecular complexity index is 614. The number of esters is 1. The minimum absolute atomic E-state index is 0.0315. The topological polar surface area (TPSA) is 90.3 Å². The number of rotatable bonds is 6. The summed E-state index contributed by atoms with van der Waals surface area (Å²) >= 11 is 0. The molecule has 1 aliphatic rings. The molecule has 2 rings (SSSR count). The maximum atomic E-state index is 12.5. The number of carbonyl (C=O) groups excluding carboxylic acids is 3. The van der Waals surface area contributed by atoms with Gasteiger partial charge in [0.25, 0.3) is 5.91 Å². The van der Waals surface area contributed by atoms with Crippen LogP contribution in [0.2, 0.25) is 0 Å². The van der Waals surface area contributed by atoms with Crippen LogP contribution in [0.15, 0.2) is 24.5 Å². The van der Waals surface area contributed by atoms with Gasteiger partial charge in [0.05, 0.1) is 5.92 Å². The van der Waals surface area contributed by atoms with E-state index in [-0.39, 0.29) is 24.2 Å². The van der Waals surface area contributed by atoms with E-state index in [1.807, 2.05) is 6.92 Å². The molecule has 1 aromatic heterocycles. The van der Waals surface area contributed by atoms with Crippen molar-refractivity contribution in [2.75, 3.05) is 0 Å². The van der Waals surface area contributed by atoms with Gasteiger partial charge in [-0.3, -0.25) is 14.4 Å². The highest BCUT2D eigenvalue weighted by molar-refractivity contribution is 5.92. The van der Waals surface area contributed by atoms with Gasteiger partial charge in [0, 0.05) is 12.5 Å². The average Bonchev–Trinajstić information content (AvgIpc) is 2.75. The van der Waals surface area contributed by atoms with Crippen LogP contribution in [-0.4, -0.2) is 23.3 Å². The third-order valence-electron chi connectivity index (χ3n) is 3.99. The number of nitrogens with two attached hydrogens (primary N) is 1. The molecule has 0 spiro atoms. The second kappa shape index (κ2) is 6.25. The second-order valence-corrected chi connectivity index (χ2v) is 5.89. The SMILES string of the molecule is CCC[C@@H]1C[C@@](C)(C(=O)C[n+]2cccc(C(N)=O)c2)OC1=O. The van der Waals surface area contributed by atoms with Gasteiger partial charge >= 0.3 is 5.97 Å². The molecule has 2 N–H and O–H groups in total. The predicted molar refractivity (Wildman–Crippen MR) is 77.7 cm³/mol. The Balaban J connectivity index is 2.10. The first-order valence-electron chi connectivity index (χ1n) is 7.41. The lowest BCUT2D eigenvalue weighted by Crippen LogP contribution is -2.47. The van der Waals surface area contributed by atoms with Gasteiger partial charge in [0.1, 0.15) is 5.56 Å². The summed E-state index contributed by atoms with van der Waals surface area (Å²) in [5.41, 5.74) is 4.46. The fourth-order valence-corrected chi connectivity index (χ4v) is 2.74. The number of hydrogen-bond acceptors (Lipinski definition) is 4. The number of Topliss-reactive ketones (excluding diaryl/α,β-unsaturated/α-hetero) is 1. The number of cyclic esters (lactones) is 1. The number of primary amides is 1. The molecule has 22 heavy (non-hydrogen) atoms. The summed E-state index contributed by atoms with van der Waals surface area (Å²) in [5, 5.41) is 0. The van der Waals surface area contributed by atoms with Crippen molar-refractivity contribution in [2.24, 2.45) is 11.7 Å². The molecule has 1 aromatic rings. The Labute approximate surface area is 129 Å². The Hall–Kier alpha value is -2.24. The monoisotopic (exact) mass is 305 g/mol. The van der Waals surface area contributed by atoms with Gasteiger partial charge in [-0.2, -0.15) is 4.57 Å². The lowest BCUT2D eigenvalue weighted by molar-refractivity contribution is -0.684. The maximum absolute atomic E-state index is 12.5. The number of amides is 1. The van der Waals surface area contributed by atoms with Crippen molar-refractivity contribution in [1.29, 1.82) is 0 Å². The minimum Gasteiger partial charge on any atom is -0.451 e. The van der Waals surface area contributed by atoms with E-state index in [4.69, 9.17) is 10.5 Å². The molecule has 6 heteroatoms. The molecule has 1 fully saturated rings. The number of nitrogens with zero attached hydrogens (tertiary/aromatic N) is 1. The molecule has 118 valence electrons. The molecule has 1 saturated heterocycles. The smallest absolute Gasteiger partial charge is 0.310 e. The number of ether oxygens (including phenoxy) is 1. The van der Waals surface area contributed by atoms with E-state index >= 15 is 0 Å². The highest BCUT2D eigenvalue weighted by Gasteiger charge is 2.48. The number of pyridine rings is 1. The van der Waals surface area contributed by atoms with E-state index in [1.54, 1.807) is 29.8 Å². The molecular weight excluding hydrogens is 284 g/mol. The van der Waals surface area contributed by atoms with Gasteiger partial charge in [-0.15, -0.1) is 0 Å². The van der Waals surface area contributed by atoms with Crippen molar-refractivity contribution >= 4 is 17.7 Å². The van der Waals surface area contributed by atoms with Gasteiger partial charge in [0.2, 0.25) is 12.3 Å². The van der Waals surface area contributed by atoms with Gasteiger partial charge in [-0.1, -0.05) is 13.3 Å². The van der Waals surface area contributed by atoms with Crippen LogP contribution in [0.25, 0.3) is 0 Å². The summed E-state index contributed by atoms with van der Waals surface area (Å²) in [4.78, 5) is 35.5. The molecule has 0 saturated carbocycles. The highest BCUT2D eigenvalue weighted by atomic mass is 16.6. The zero-order valence-electron chi connectivity index (χ0n) is 12.9. The molecule has 2 atom stereocenters. The Kier molecular flexibility index (Phi) is 4.59. The first kappa shape index (κ1) is 16.1. The van der Waals surface area contributed by atoms with E-state index in [0.717, 1.165) is 12.8 Å². The molecule has 0 aliphatic carbocycles. The summed E-state index contributed by atoms with van der Waals surface area (Å²) in [7, 11) is 0. The normalized spacial score (nSPS) is 24.1. The molecular formula is C16H21N2O4+. The first-order chi connectivity index (χ1) is 10.4. The summed E-state index contributed by atoms with van der Waals surface area (Å²) < 4.78 is 6.91. The van der Waals surface area contributed by atoms with E-state index in [2.05, 4.69) is 0 Å². The third-order valence-corrected chi connectivity index (χ3v) is 3.99.